The van der Waals surface area contributed by atoms with Crippen molar-refractivity contribution < 1.29 is 17.9 Å². The highest BCUT2D eigenvalue weighted by Crippen LogP contribution is 2.49. The molecular formula is C17H21F3NO. The molecule has 3 atom stereocenters. The Morgan fingerprint density at radius 2 is 1.86 bits per heavy atom. The molecule has 0 saturated heterocycles. The van der Waals surface area contributed by atoms with E-state index in [1.165, 1.54) is 30.9 Å². The van der Waals surface area contributed by atoms with Crippen LogP contribution in [0.1, 0.15) is 44.1 Å². The van der Waals surface area contributed by atoms with E-state index in [1.807, 2.05) is 6.07 Å². The number of rotatable bonds is 3. The molecule has 121 valence electrons. The summed E-state index contributed by atoms with van der Waals surface area (Å²) in [4.78, 5) is 0. The predicted molar refractivity (Wildman–Crippen MR) is 78.1 cm³/mol. The van der Waals surface area contributed by atoms with E-state index in [-0.39, 0.29) is 11.8 Å². The number of halogens is 3. The molecule has 1 aromatic rings. The monoisotopic (exact) mass is 312 g/mol. The molecule has 2 saturated carbocycles. The van der Waals surface area contributed by atoms with Crippen molar-refractivity contribution >= 4 is 0 Å². The maximum atomic E-state index is 12.3. The summed E-state index contributed by atoms with van der Waals surface area (Å²) in [7, 11) is 0. The first-order valence-electron chi connectivity index (χ1n) is 7.91. The molecular weight excluding hydrogens is 291 g/mol. The second-order valence-electron chi connectivity index (χ2n) is 6.36. The van der Waals surface area contributed by atoms with Crippen molar-refractivity contribution in [2.45, 2.75) is 50.9 Å². The van der Waals surface area contributed by atoms with Gasteiger partial charge < -0.3 is 10.5 Å². The molecule has 2 nitrogen and oxygen atoms in total. The van der Waals surface area contributed by atoms with Crippen molar-refractivity contribution in [2.75, 3.05) is 0 Å². The topological polar surface area (TPSA) is 35.2 Å². The second-order valence-corrected chi connectivity index (χ2v) is 6.36. The third-order valence-corrected chi connectivity index (χ3v) is 5.00. The summed E-state index contributed by atoms with van der Waals surface area (Å²) in [6.45, 7) is 0. The summed E-state index contributed by atoms with van der Waals surface area (Å²) in [6, 6.07) is 6.57. The fourth-order valence-corrected chi connectivity index (χ4v) is 3.87. The standard InChI is InChI=1S/C17H21F3NO/c18-17(19,20)22-12-5-3-4-11(10-12)13-8-9-14(13)15-6-1-2-7-16(15)21/h3-5,10,14-16H,1-2,6-9,21H2. The van der Waals surface area contributed by atoms with E-state index in [2.05, 4.69) is 4.74 Å². The number of ether oxygens (including phenoxy) is 1. The molecule has 0 heterocycles. The lowest BCUT2D eigenvalue weighted by molar-refractivity contribution is -0.274. The largest absolute Gasteiger partial charge is 0.573 e. The lowest BCUT2D eigenvalue weighted by atomic mass is 9.60. The lowest BCUT2D eigenvalue weighted by Crippen LogP contribution is -2.43. The van der Waals surface area contributed by atoms with Crippen molar-refractivity contribution in [3.05, 3.63) is 35.7 Å². The fraction of sp³-hybridized carbons (Fsp3) is 0.588. The van der Waals surface area contributed by atoms with Crippen molar-refractivity contribution in [1.29, 1.82) is 0 Å². The first kappa shape index (κ1) is 15.7. The summed E-state index contributed by atoms with van der Waals surface area (Å²) in [5.74, 6) is 2.01. The summed E-state index contributed by atoms with van der Waals surface area (Å²) in [5, 5.41) is 0. The Balaban J connectivity index is 1.72. The number of alkyl halides is 3. The molecule has 0 aromatic heterocycles. The van der Waals surface area contributed by atoms with Gasteiger partial charge in [-0.05, 0) is 55.2 Å². The molecule has 0 spiro atoms. The van der Waals surface area contributed by atoms with Gasteiger partial charge in [-0.25, -0.2) is 0 Å². The highest BCUT2D eigenvalue weighted by atomic mass is 19.4. The van der Waals surface area contributed by atoms with Gasteiger partial charge in [0.25, 0.3) is 0 Å². The van der Waals surface area contributed by atoms with Crippen LogP contribution in [0.25, 0.3) is 0 Å². The van der Waals surface area contributed by atoms with E-state index >= 15 is 0 Å². The summed E-state index contributed by atoms with van der Waals surface area (Å²) in [6.07, 6.45) is 1.99. The normalized spacial score (nSPS) is 29.9. The van der Waals surface area contributed by atoms with Crippen LogP contribution >= 0.6 is 0 Å². The van der Waals surface area contributed by atoms with Gasteiger partial charge in [0.15, 0.2) is 0 Å². The average Bonchev–Trinajstić information content (AvgIpc) is 2.38. The van der Waals surface area contributed by atoms with Crippen LogP contribution in [0.4, 0.5) is 13.2 Å². The number of hydrogen-bond acceptors (Lipinski definition) is 2. The summed E-state index contributed by atoms with van der Waals surface area (Å²) >= 11 is 0. The lowest BCUT2D eigenvalue weighted by Gasteiger charge is -2.45. The Morgan fingerprint density at radius 1 is 1.09 bits per heavy atom. The molecule has 0 amide bonds. The molecule has 22 heavy (non-hydrogen) atoms. The van der Waals surface area contributed by atoms with E-state index in [0.717, 1.165) is 31.2 Å². The van der Waals surface area contributed by atoms with E-state index in [4.69, 9.17) is 5.73 Å². The van der Waals surface area contributed by atoms with Gasteiger partial charge in [0.2, 0.25) is 0 Å². The van der Waals surface area contributed by atoms with Crippen LogP contribution in [0.15, 0.2) is 24.3 Å². The van der Waals surface area contributed by atoms with Crippen molar-refractivity contribution in [3.63, 3.8) is 0 Å². The molecule has 2 fully saturated rings. The minimum Gasteiger partial charge on any atom is -0.406 e. The van der Waals surface area contributed by atoms with Crippen molar-refractivity contribution in [3.8, 4) is 5.75 Å². The van der Waals surface area contributed by atoms with Crippen LogP contribution in [-0.4, -0.2) is 12.4 Å². The van der Waals surface area contributed by atoms with Gasteiger partial charge >= 0.3 is 6.36 Å². The smallest absolute Gasteiger partial charge is 0.406 e. The van der Waals surface area contributed by atoms with Gasteiger partial charge in [0, 0.05) is 12.0 Å². The molecule has 5 heteroatoms. The molecule has 0 aliphatic heterocycles. The third-order valence-electron chi connectivity index (χ3n) is 5.00. The maximum absolute atomic E-state index is 12.3. The van der Waals surface area contributed by atoms with Crippen LogP contribution in [0.2, 0.25) is 0 Å². The van der Waals surface area contributed by atoms with Crippen LogP contribution in [-0.2, 0) is 0 Å². The number of nitrogens with two attached hydrogens (primary N) is 1. The Morgan fingerprint density at radius 3 is 2.50 bits per heavy atom. The summed E-state index contributed by atoms with van der Waals surface area (Å²) < 4.78 is 41.1. The zero-order valence-corrected chi connectivity index (χ0v) is 12.4. The van der Waals surface area contributed by atoms with Crippen molar-refractivity contribution in [2.24, 2.45) is 17.6 Å². The van der Waals surface area contributed by atoms with Crippen LogP contribution in [0, 0.1) is 17.8 Å². The predicted octanol–water partition coefficient (Wildman–Crippen LogP) is 4.44. The first-order chi connectivity index (χ1) is 10.4. The summed E-state index contributed by atoms with van der Waals surface area (Å²) in [5.41, 5.74) is 7.13. The van der Waals surface area contributed by atoms with E-state index in [9.17, 15) is 13.2 Å². The quantitative estimate of drug-likeness (QED) is 0.896. The van der Waals surface area contributed by atoms with E-state index in [1.54, 1.807) is 6.07 Å². The van der Waals surface area contributed by atoms with Crippen LogP contribution < -0.4 is 10.5 Å². The molecule has 2 aliphatic carbocycles. The molecule has 2 aliphatic rings. The van der Waals surface area contributed by atoms with Gasteiger partial charge in [-0.2, -0.15) is 0 Å². The molecule has 0 bridgehead atoms. The highest BCUT2D eigenvalue weighted by Gasteiger charge is 2.41. The van der Waals surface area contributed by atoms with Crippen LogP contribution in [0.3, 0.4) is 0 Å². The van der Waals surface area contributed by atoms with Gasteiger partial charge in [-0.15, -0.1) is 13.2 Å². The van der Waals surface area contributed by atoms with Gasteiger partial charge in [0.1, 0.15) is 5.75 Å². The second kappa shape index (κ2) is 6.11. The molecule has 1 aromatic carbocycles. The average molecular weight is 312 g/mol. The molecule has 3 rings (SSSR count). The van der Waals surface area contributed by atoms with E-state index < -0.39 is 6.36 Å². The highest BCUT2D eigenvalue weighted by molar-refractivity contribution is 5.41. The fourth-order valence-electron chi connectivity index (χ4n) is 3.87. The zero-order chi connectivity index (χ0) is 15.7. The zero-order valence-electron chi connectivity index (χ0n) is 12.4. The minimum absolute atomic E-state index is 0.143. The van der Waals surface area contributed by atoms with E-state index in [0.29, 0.717) is 11.8 Å². The minimum atomic E-state index is -4.64. The molecule has 1 radical (unpaired) electrons. The van der Waals surface area contributed by atoms with Crippen LogP contribution in [0.5, 0.6) is 5.75 Å². The van der Waals surface area contributed by atoms with Crippen molar-refractivity contribution in [1.82, 2.24) is 0 Å². The van der Waals surface area contributed by atoms with Gasteiger partial charge in [-0.3, -0.25) is 0 Å². The number of hydrogen-bond donors (Lipinski definition) is 1. The number of benzene rings is 1. The molecule has 3 unspecified atom stereocenters. The van der Waals surface area contributed by atoms with Gasteiger partial charge in [-0.1, -0.05) is 25.0 Å². The first-order valence-corrected chi connectivity index (χ1v) is 7.91. The van der Waals surface area contributed by atoms with Gasteiger partial charge in [0.05, 0.1) is 0 Å². The Hall–Kier alpha value is -1.23. The molecule has 2 N–H and O–H groups in total. The SMILES string of the molecule is NC1CCCCC1C1CC[C]1c1cccc(OC(F)(F)F)c1. The Kier molecular flexibility index (Phi) is 4.35. The Bertz CT molecular complexity index is 517. The third kappa shape index (κ3) is 3.40. The maximum Gasteiger partial charge on any atom is 0.573 e. The Labute approximate surface area is 128 Å².